The predicted molar refractivity (Wildman–Crippen MR) is 97.8 cm³/mol. The lowest BCUT2D eigenvalue weighted by Gasteiger charge is -2.18. The highest BCUT2D eigenvalue weighted by atomic mass is 16.7. The Balaban J connectivity index is 1.27. The molecule has 0 saturated heterocycles. The number of nitrogens with zero attached hydrogens (tertiary/aromatic N) is 1. The second kappa shape index (κ2) is 6.80. The van der Waals surface area contributed by atoms with Gasteiger partial charge in [0.25, 0.3) is 0 Å². The SMILES string of the molecule is O=C(Cc1cc(-c2ccc3c(c2)OCCO3)on1)Nc1ccc2c(c1)OCO2. The Labute approximate surface area is 159 Å². The van der Waals surface area contributed by atoms with E-state index >= 15 is 0 Å². The number of ether oxygens (including phenoxy) is 4. The minimum absolute atomic E-state index is 0.0858. The van der Waals surface area contributed by atoms with Crippen molar-refractivity contribution in [1.82, 2.24) is 5.16 Å². The van der Waals surface area contributed by atoms with Gasteiger partial charge in [0, 0.05) is 23.4 Å². The molecule has 2 aliphatic heterocycles. The van der Waals surface area contributed by atoms with E-state index in [-0.39, 0.29) is 19.1 Å². The van der Waals surface area contributed by atoms with Gasteiger partial charge in [-0.3, -0.25) is 4.79 Å². The fourth-order valence-corrected chi connectivity index (χ4v) is 3.07. The highest BCUT2D eigenvalue weighted by Gasteiger charge is 2.17. The molecule has 0 fully saturated rings. The van der Waals surface area contributed by atoms with Crippen LogP contribution in [0.25, 0.3) is 11.3 Å². The molecule has 2 aromatic carbocycles. The van der Waals surface area contributed by atoms with Gasteiger partial charge in [0.15, 0.2) is 28.8 Å². The van der Waals surface area contributed by atoms with Gasteiger partial charge >= 0.3 is 0 Å². The van der Waals surface area contributed by atoms with Crippen LogP contribution in [-0.2, 0) is 11.2 Å². The van der Waals surface area contributed by atoms with E-state index in [9.17, 15) is 4.79 Å². The van der Waals surface area contributed by atoms with Crippen molar-refractivity contribution in [3.05, 3.63) is 48.2 Å². The Hall–Kier alpha value is -3.68. The van der Waals surface area contributed by atoms with Crippen LogP contribution in [0.15, 0.2) is 47.0 Å². The summed E-state index contributed by atoms with van der Waals surface area (Å²) in [6.45, 7) is 1.24. The van der Waals surface area contributed by atoms with Gasteiger partial charge in [-0.25, -0.2) is 0 Å². The van der Waals surface area contributed by atoms with Gasteiger partial charge in [-0.2, -0.15) is 0 Å². The number of carbonyl (C=O) groups excluding carboxylic acids is 1. The van der Waals surface area contributed by atoms with Crippen LogP contribution >= 0.6 is 0 Å². The van der Waals surface area contributed by atoms with Gasteiger partial charge in [-0.1, -0.05) is 5.16 Å². The van der Waals surface area contributed by atoms with Crippen LogP contribution in [0.3, 0.4) is 0 Å². The maximum atomic E-state index is 12.3. The fourth-order valence-electron chi connectivity index (χ4n) is 3.07. The van der Waals surface area contributed by atoms with Gasteiger partial charge in [-0.15, -0.1) is 0 Å². The summed E-state index contributed by atoms with van der Waals surface area (Å²) in [6.07, 6.45) is 0.0858. The van der Waals surface area contributed by atoms with Crippen LogP contribution in [0.1, 0.15) is 5.69 Å². The molecule has 0 radical (unpaired) electrons. The van der Waals surface area contributed by atoms with Crippen molar-refractivity contribution in [3.8, 4) is 34.3 Å². The van der Waals surface area contributed by atoms with E-state index in [1.807, 2.05) is 18.2 Å². The first kappa shape index (κ1) is 16.5. The summed E-state index contributed by atoms with van der Waals surface area (Å²) in [5, 5.41) is 6.81. The standard InChI is InChI=1S/C20H16N2O6/c23-20(21-13-2-4-16-19(8-13)27-11-26-16)10-14-9-17(28-22-14)12-1-3-15-18(7-12)25-6-5-24-15/h1-4,7-9H,5-6,10-11H2,(H,21,23). The average molecular weight is 380 g/mol. The summed E-state index contributed by atoms with van der Waals surface area (Å²) in [7, 11) is 0. The molecule has 0 bridgehead atoms. The third-order valence-corrected chi connectivity index (χ3v) is 4.38. The predicted octanol–water partition coefficient (Wildman–Crippen LogP) is 3.02. The largest absolute Gasteiger partial charge is 0.486 e. The Morgan fingerprint density at radius 3 is 2.57 bits per heavy atom. The zero-order chi connectivity index (χ0) is 18.9. The molecular formula is C20H16N2O6. The first-order chi connectivity index (χ1) is 13.7. The molecule has 0 aliphatic carbocycles. The molecule has 8 nitrogen and oxygen atoms in total. The lowest BCUT2D eigenvalue weighted by molar-refractivity contribution is -0.115. The van der Waals surface area contributed by atoms with Crippen molar-refractivity contribution in [2.24, 2.45) is 0 Å². The van der Waals surface area contributed by atoms with Gasteiger partial charge in [-0.05, 0) is 30.3 Å². The summed E-state index contributed by atoms with van der Waals surface area (Å²) < 4.78 is 27.1. The fraction of sp³-hybridized carbons (Fsp3) is 0.200. The smallest absolute Gasteiger partial charge is 0.231 e. The molecule has 3 aromatic rings. The number of nitrogens with one attached hydrogen (secondary N) is 1. The monoisotopic (exact) mass is 380 g/mol. The van der Waals surface area contributed by atoms with E-state index in [1.54, 1.807) is 24.3 Å². The van der Waals surface area contributed by atoms with Crippen LogP contribution in [-0.4, -0.2) is 31.1 Å². The Kier molecular flexibility index (Phi) is 4.01. The van der Waals surface area contributed by atoms with Crippen LogP contribution in [0.2, 0.25) is 0 Å². The van der Waals surface area contributed by atoms with Crippen molar-refractivity contribution in [1.29, 1.82) is 0 Å². The number of hydrogen-bond acceptors (Lipinski definition) is 7. The summed E-state index contributed by atoms with van der Waals surface area (Å²) in [6, 6.07) is 12.5. The lowest BCUT2D eigenvalue weighted by Crippen LogP contribution is -2.15. The quantitative estimate of drug-likeness (QED) is 0.744. The van der Waals surface area contributed by atoms with Crippen molar-refractivity contribution in [2.45, 2.75) is 6.42 Å². The minimum Gasteiger partial charge on any atom is -0.486 e. The molecule has 3 heterocycles. The number of aromatic nitrogens is 1. The van der Waals surface area contributed by atoms with Gasteiger partial charge in [0.2, 0.25) is 12.7 Å². The zero-order valence-electron chi connectivity index (χ0n) is 14.8. The van der Waals surface area contributed by atoms with Crippen molar-refractivity contribution in [2.75, 3.05) is 25.3 Å². The molecule has 0 saturated carbocycles. The molecule has 0 unspecified atom stereocenters. The molecule has 142 valence electrons. The molecular weight excluding hydrogens is 364 g/mol. The second-order valence-corrected chi connectivity index (χ2v) is 6.33. The third-order valence-electron chi connectivity index (χ3n) is 4.38. The molecule has 0 spiro atoms. The van der Waals surface area contributed by atoms with Gasteiger partial charge in [0.1, 0.15) is 13.2 Å². The van der Waals surface area contributed by atoms with Crippen LogP contribution in [0.4, 0.5) is 5.69 Å². The van der Waals surface area contributed by atoms with Crippen LogP contribution in [0, 0.1) is 0 Å². The Morgan fingerprint density at radius 1 is 0.893 bits per heavy atom. The molecule has 1 aromatic heterocycles. The molecule has 28 heavy (non-hydrogen) atoms. The summed E-state index contributed by atoms with van der Waals surface area (Å²) in [5.41, 5.74) is 1.96. The van der Waals surface area contributed by atoms with E-state index in [0.29, 0.717) is 53.4 Å². The van der Waals surface area contributed by atoms with E-state index in [4.69, 9.17) is 23.5 Å². The number of hydrogen-bond donors (Lipinski definition) is 1. The third kappa shape index (κ3) is 3.20. The molecule has 2 aliphatic rings. The van der Waals surface area contributed by atoms with Crippen LogP contribution in [0.5, 0.6) is 23.0 Å². The highest BCUT2D eigenvalue weighted by molar-refractivity contribution is 5.92. The van der Waals surface area contributed by atoms with Crippen molar-refractivity contribution < 1.29 is 28.3 Å². The lowest BCUT2D eigenvalue weighted by atomic mass is 10.1. The topological polar surface area (TPSA) is 92.1 Å². The van der Waals surface area contributed by atoms with E-state index in [1.165, 1.54) is 0 Å². The number of benzene rings is 2. The first-order valence-electron chi connectivity index (χ1n) is 8.80. The maximum absolute atomic E-state index is 12.3. The molecule has 5 rings (SSSR count). The van der Waals surface area contributed by atoms with Gasteiger partial charge in [0.05, 0.1) is 12.1 Å². The summed E-state index contributed by atoms with van der Waals surface area (Å²) in [5.74, 6) is 3.00. The Bertz CT molecular complexity index is 1040. The van der Waals surface area contributed by atoms with E-state index in [0.717, 1.165) is 5.56 Å². The number of amides is 1. The molecule has 0 atom stereocenters. The van der Waals surface area contributed by atoms with Crippen molar-refractivity contribution in [3.63, 3.8) is 0 Å². The van der Waals surface area contributed by atoms with E-state index in [2.05, 4.69) is 10.5 Å². The zero-order valence-corrected chi connectivity index (χ0v) is 14.8. The molecule has 1 N–H and O–H groups in total. The minimum atomic E-state index is -0.208. The molecule has 8 heteroatoms. The van der Waals surface area contributed by atoms with Crippen molar-refractivity contribution >= 4 is 11.6 Å². The molecule has 1 amide bonds. The summed E-state index contributed by atoms with van der Waals surface area (Å²) >= 11 is 0. The second-order valence-electron chi connectivity index (χ2n) is 6.33. The average Bonchev–Trinajstić information content (AvgIpc) is 3.36. The number of anilines is 1. The maximum Gasteiger partial charge on any atom is 0.231 e. The summed E-state index contributed by atoms with van der Waals surface area (Å²) in [4.78, 5) is 12.3. The number of rotatable bonds is 4. The van der Waals surface area contributed by atoms with Crippen LogP contribution < -0.4 is 24.3 Å². The Morgan fingerprint density at radius 2 is 1.64 bits per heavy atom. The van der Waals surface area contributed by atoms with Gasteiger partial charge < -0.3 is 28.8 Å². The number of carbonyl (C=O) groups is 1. The number of fused-ring (bicyclic) bond motifs is 2. The normalized spacial score (nSPS) is 14.0. The first-order valence-corrected chi connectivity index (χ1v) is 8.80. The van der Waals surface area contributed by atoms with E-state index < -0.39 is 0 Å². The highest BCUT2D eigenvalue weighted by Crippen LogP contribution is 2.35.